The fourth-order valence-electron chi connectivity index (χ4n) is 0.923. The normalized spacial score (nSPS) is 11.1. The lowest BCUT2D eigenvalue weighted by Crippen LogP contribution is -2.26. The van der Waals surface area contributed by atoms with Crippen LogP contribution in [0.4, 0.5) is 9.18 Å². The topological polar surface area (TPSA) is 35.5 Å². The molecule has 0 radical (unpaired) electrons. The molecule has 1 aromatic rings. The van der Waals surface area contributed by atoms with Gasteiger partial charge in [-0.25, -0.2) is 9.18 Å². The maximum atomic E-state index is 13.5. The summed E-state index contributed by atoms with van der Waals surface area (Å²) in [7, 11) is 0. The Morgan fingerprint density at radius 2 is 2.00 bits per heavy atom. The molecule has 0 saturated carbocycles. The fraction of sp³-hybridized carbons (Fsp3) is 0.364. The maximum absolute atomic E-state index is 13.5. The fourth-order valence-corrected chi connectivity index (χ4v) is 1.40. The molecule has 0 aliphatic rings. The lowest BCUT2D eigenvalue weighted by Gasteiger charge is -2.18. The molecule has 0 N–H and O–H groups in total. The molecule has 0 atom stereocenters. The maximum Gasteiger partial charge on any atom is 0.514 e. The van der Waals surface area contributed by atoms with Gasteiger partial charge in [0.2, 0.25) is 0 Å². The van der Waals surface area contributed by atoms with E-state index in [0.29, 0.717) is 3.57 Å². The summed E-state index contributed by atoms with van der Waals surface area (Å²) in [6, 6.07) is 4.56. The second kappa shape index (κ2) is 4.99. The van der Waals surface area contributed by atoms with Crippen molar-refractivity contribution in [1.29, 1.82) is 0 Å². The molecule has 0 spiro atoms. The summed E-state index contributed by atoms with van der Waals surface area (Å²) in [6.45, 7) is 5.12. The standard InChI is InChI=1S/C11H12FIO3/c1-11(2,3)16-10(14)15-8-6-4-5-7(13)9(8)12/h4-6H,1-3H3. The monoisotopic (exact) mass is 338 g/mol. The van der Waals surface area contributed by atoms with Crippen LogP contribution in [0.15, 0.2) is 18.2 Å². The average molecular weight is 338 g/mol. The predicted octanol–water partition coefficient (Wildman–Crippen LogP) is 3.74. The molecule has 5 heteroatoms. The lowest BCUT2D eigenvalue weighted by molar-refractivity contribution is 0.0198. The molecule has 0 aliphatic carbocycles. The van der Waals surface area contributed by atoms with Crippen molar-refractivity contribution in [2.75, 3.05) is 0 Å². The highest BCUT2D eigenvalue weighted by Crippen LogP contribution is 2.22. The van der Waals surface area contributed by atoms with Gasteiger partial charge in [-0.2, -0.15) is 0 Å². The van der Waals surface area contributed by atoms with Crippen LogP contribution in [0.25, 0.3) is 0 Å². The number of hydrogen-bond donors (Lipinski definition) is 0. The van der Waals surface area contributed by atoms with Gasteiger partial charge in [0.15, 0.2) is 11.6 Å². The van der Waals surface area contributed by atoms with E-state index in [1.54, 1.807) is 32.9 Å². The number of rotatable bonds is 1. The summed E-state index contributed by atoms with van der Waals surface area (Å²) in [4.78, 5) is 11.3. The van der Waals surface area contributed by atoms with E-state index in [9.17, 15) is 9.18 Å². The molecule has 0 heterocycles. The van der Waals surface area contributed by atoms with E-state index in [0.717, 1.165) is 0 Å². The smallest absolute Gasteiger partial charge is 0.428 e. The van der Waals surface area contributed by atoms with Crippen molar-refractivity contribution in [1.82, 2.24) is 0 Å². The number of carbonyl (C=O) groups excluding carboxylic acids is 1. The van der Waals surface area contributed by atoms with Crippen molar-refractivity contribution < 1.29 is 18.7 Å². The third-order valence-electron chi connectivity index (χ3n) is 1.50. The van der Waals surface area contributed by atoms with Crippen molar-refractivity contribution in [2.24, 2.45) is 0 Å². The highest BCUT2D eigenvalue weighted by Gasteiger charge is 2.19. The third kappa shape index (κ3) is 3.96. The summed E-state index contributed by atoms with van der Waals surface area (Å²) >= 11 is 1.82. The Bertz CT molecular complexity index is 399. The summed E-state index contributed by atoms with van der Waals surface area (Å²) in [5, 5.41) is 0. The van der Waals surface area contributed by atoms with Gasteiger partial charge >= 0.3 is 6.16 Å². The van der Waals surface area contributed by atoms with E-state index in [1.165, 1.54) is 6.07 Å². The summed E-state index contributed by atoms with van der Waals surface area (Å²) in [5.41, 5.74) is -0.657. The van der Waals surface area contributed by atoms with Crippen LogP contribution in [-0.4, -0.2) is 11.8 Å². The molecular weight excluding hydrogens is 326 g/mol. The number of halogens is 2. The van der Waals surface area contributed by atoms with Gasteiger partial charge in [-0.15, -0.1) is 0 Å². The van der Waals surface area contributed by atoms with E-state index in [1.807, 2.05) is 22.6 Å². The zero-order chi connectivity index (χ0) is 12.3. The molecule has 0 aliphatic heterocycles. The van der Waals surface area contributed by atoms with E-state index in [-0.39, 0.29) is 5.75 Å². The molecule has 0 amide bonds. The van der Waals surface area contributed by atoms with Crippen molar-refractivity contribution in [3.63, 3.8) is 0 Å². The Morgan fingerprint density at radius 1 is 1.38 bits per heavy atom. The summed E-state index contributed by atoms with van der Waals surface area (Å²) < 4.78 is 23.5. The van der Waals surface area contributed by atoms with Crippen LogP contribution >= 0.6 is 22.6 Å². The van der Waals surface area contributed by atoms with Gasteiger partial charge in [-0.05, 0) is 55.5 Å². The van der Waals surface area contributed by atoms with Gasteiger partial charge < -0.3 is 9.47 Å². The van der Waals surface area contributed by atoms with Crippen LogP contribution in [0.1, 0.15) is 20.8 Å². The largest absolute Gasteiger partial charge is 0.514 e. The summed E-state index contributed by atoms with van der Waals surface area (Å²) in [6.07, 6.45) is -0.909. The minimum atomic E-state index is -0.909. The van der Waals surface area contributed by atoms with Gasteiger partial charge in [0.05, 0.1) is 3.57 Å². The molecule has 88 valence electrons. The second-order valence-corrected chi connectivity index (χ2v) is 5.28. The van der Waals surface area contributed by atoms with Crippen molar-refractivity contribution >= 4 is 28.7 Å². The number of ether oxygens (including phenoxy) is 2. The lowest BCUT2D eigenvalue weighted by atomic mass is 10.2. The predicted molar refractivity (Wildman–Crippen MR) is 66.0 cm³/mol. The van der Waals surface area contributed by atoms with Crippen molar-refractivity contribution in [3.8, 4) is 5.75 Å². The molecule has 0 saturated heterocycles. The first kappa shape index (κ1) is 13.2. The first-order chi connectivity index (χ1) is 7.29. The van der Waals surface area contributed by atoms with Gasteiger partial charge in [0.1, 0.15) is 5.60 Å². The van der Waals surface area contributed by atoms with Crippen LogP contribution in [0.2, 0.25) is 0 Å². The Balaban J connectivity index is 2.74. The molecule has 0 aromatic heterocycles. The van der Waals surface area contributed by atoms with Gasteiger partial charge in [-0.1, -0.05) is 6.07 Å². The van der Waals surface area contributed by atoms with Crippen LogP contribution in [0.3, 0.4) is 0 Å². The molecule has 0 unspecified atom stereocenters. The first-order valence-electron chi connectivity index (χ1n) is 4.64. The van der Waals surface area contributed by atoms with Crippen LogP contribution in [0, 0.1) is 9.39 Å². The summed E-state index contributed by atoms with van der Waals surface area (Å²) in [5.74, 6) is -0.685. The van der Waals surface area contributed by atoms with Crippen molar-refractivity contribution in [3.05, 3.63) is 27.6 Å². The Hall–Kier alpha value is -0.850. The minimum absolute atomic E-state index is 0.124. The van der Waals surface area contributed by atoms with Crippen LogP contribution in [-0.2, 0) is 4.74 Å². The molecule has 0 bridgehead atoms. The minimum Gasteiger partial charge on any atom is -0.428 e. The first-order valence-corrected chi connectivity index (χ1v) is 5.72. The van der Waals surface area contributed by atoms with Crippen molar-refractivity contribution in [2.45, 2.75) is 26.4 Å². The Morgan fingerprint density at radius 3 is 2.56 bits per heavy atom. The molecule has 0 fully saturated rings. The highest BCUT2D eigenvalue weighted by molar-refractivity contribution is 14.1. The molecular formula is C11H12FIO3. The molecule has 3 nitrogen and oxygen atoms in total. The van der Waals surface area contributed by atoms with Crippen LogP contribution < -0.4 is 4.74 Å². The molecule has 16 heavy (non-hydrogen) atoms. The number of hydrogen-bond acceptors (Lipinski definition) is 3. The number of carbonyl (C=O) groups is 1. The van der Waals surface area contributed by atoms with Gasteiger partial charge in [-0.3, -0.25) is 0 Å². The third-order valence-corrected chi connectivity index (χ3v) is 2.33. The zero-order valence-corrected chi connectivity index (χ0v) is 11.4. The zero-order valence-electron chi connectivity index (χ0n) is 9.21. The van der Waals surface area contributed by atoms with Gasteiger partial charge in [0.25, 0.3) is 0 Å². The van der Waals surface area contributed by atoms with E-state index in [2.05, 4.69) is 0 Å². The molecule has 1 rings (SSSR count). The SMILES string of the molecule is CC(C)(C)OC(=O)Oc1cccc(I)c1F. The highest BCUT2D eigenvalue weighted by atomic mass is 127. The molecule has 1 aromatic carbocycles. The van der Waals surface area contributed by atoms with Gasteiger partial charge in [0, 0.05) is 0 Å². The Labute approximate surface area is 107 Å². The van der Waals surface area contributed by atoms with Crippen LogP contribution in [0.5, 0.6) is 5.75 Å². The Kier molecular flexibility index (Phi) is 4.12. The van der Waals surface area contributed by atoms with E-state index in [4.69, 9.17) is 9.47 Å². The second-order valence-electron chi connectivity index (χ2n) is 4.12. The quantitative estimate of drug-likeness (QED) is 0.445. The average Bonchev–Trinajstić information content (AvgIpc) is 2.09. The van der Waals surface area contributed by atoms with E-state index < -0.39 is 17.6 Å². The number of benzene rings is 1. The van der Waals surface area contributed by atoms with E-state index >= 15 is 0 Å².